The van der Waals surface area contributed by atoms with Gasteiger partial charge in [-0.2, -0.15) is 0 Å². The van der Waals surface area contributed by atoms with Crippen LogP contribution in [-0.2, 0) is 0 Å². The van der Waals surface area contributed by atoms with Crippen molar-refractivity contribution in [1.82, 2.24) is 76.8 Å². The van der Waals surface area contributed by atoms with Crippen molar-refractivity contribution in [3.8, 4) is 101 Å². The Bertz CT molecular complexity index is 8920. The average molecular weight is 1680 g/mol. The van der Waals surface area contributed by atoms with Crippen LogP contribution >= 0.6 is 0 Å². The van der Waals surface area contributed by atoms with E-state index in [0.717, 1.165) is 101 Å². The second-order valence-corrected chi connectivity index (χ2v) is 33.5. The maximum absolute atomic E-state index is 5.51. The zero-order valence-electron chi connectivity index (χ0n) is 70.5. The van der Waals surface area contributed by atoms with E-state index in [1.54, 1.807) is 0 Å². The summed E-state index contributed by atoms with van der Waals surface area (Å²) < 4.78 is 0. The van der Waals surface area contributed by atoms with Crippen molar-refractivity contribution in [2.24, 2.45) is 0 Å². The highest BCUT2D eigenvalue weighted by Crippen LogP contribution is 2.45. The molecular formula is C117H69N15. The van der Waals surface area contributed by atoms with E-state index in [9.17, 15) is 0 Å². The van der Waals surface area contributed by atoms with Crippen LogP contribution in [0, 0.1) is 0 Å². The van der Waals surface area contributed by atoms with Gasteiger partial charge in [0.15, 0.2) is 0 Å². The van der Waals surface area contributed by atoms with Gasteiger partial charge in [-0.15, -0.1) is 30.6 Å². The number of rotatable bonds is 9. The number of hydrogen-bond donors (Lipinski definition) is 0. The van der Waals surface area contributed by atoms with E-state index in [1.165, 1.54) is 129 Å². The Morgan fingerprint density at radius 2 is 0.356 bits per heavy atom. The molecule has 0 aliphatic heterocycles. The fraction of sp³-hybridized carbons (Fsp3) is 0. The van der Waals surface area contributed by atoms with E-state index < -0.39 is 0 Å². The lowest BCUT2D eigenvalue weighted by molar-refractivity contribution is 0.797. The van der Waals surface area contributed by atoms with Gasteiger partial charge in [-0.05, 0) is 340 Å². The maximum Gasteiger partial charge on any atom is 0.116 e. The van der Waals surface area contributed by atoms with E-state index in [2.05, 4.69) is 444 Å². The van der Waals surface area contributed by atoms with Crippen LogP contribution in [0.25, 0.3) is 263 Å². The van der Waals surface area contributed by atoms with Crippen LogP contribution in [-0.4, -0.2) is 76.8 Å². The Hall–Kier alpha value is -18.2. The monoisotopic (exact) mass is 1680 g/mol. The Labute approximate surface area is 753 Å². The fourth-order valence-electron chi connectivity index (χ4n) is 19.1. The van der Waals surface area contributed by atoms with Gasteiger partial charge < -0.3 is 0 Å². The summed E-state index contributed by atoms with van der Waals surface area (Å²) in [5.41, 5.74) is 22.4. The molecule has 0 aliphatic rings. The Morgan fingerprint density at radius 1 is 0.121 bits per heavy atom. The summed E-state index contributed by atoms with van der Waals surface area (Å²) in [4.78, 5) is 16.1. The molecule has 0 saturated carbocycles. The second-order valence-electron chi connectivity index (χ2n) is 33.5. The molecule has 0 saturated heterocycles. The number of hydrogen-bond acceptors (Lipinski definition) is 15. The zero-order valence-corrected chi connectivity index (χ0v) is 70.5. The highest BCUT2D eigenvalue weighted by molar-refractivity contribution is 6.16. The van der Waals surface area contributed by atoms with Crippen LogP contribution in [0.4, 0.5) is 0 Å². The summed E-state index contributed by atoms with van der Waals surface area (Å²) >= 11 is 0. The number of aromatic nitrogens is 15. The number of nitrogens with zero attached hydrogens (tertiary/aromatic N) is 15. The van der Waals surface area contributed by atoms with Crippen LogP contribution < -0.4 is 0 Å². The minimum Gasteiger partial charge on any atom is -0.248 e. The SMILES string of the molecule is c1ccc2c(-c3cc(-c4ccc5nnnnc5c4)cc(-c4c5ccccc5cc5ccccc45)n3)c3ccccc3cc2c1.c1ccc2cc3c(-c4cc(-c5ccc6nnnnc6c5)cc(-c5cccc6cc7ccccc7cc56)n4)cccc3cc2c1.c1ccc2cc3cc(-c4cc(-c5ccc6nnnnc6c5)cc(-c5ccc6cc7ccccc7cc6c5)n4)ccc3cc2c1. The molecule has 0 atom stereocenters. The molecule has 0 radical (unpaired) electrons. The van der Waals surface area contributed by atoms with E-state index in [-0.39, 0.29) is 0 Å². The quantitative estimate of drug-likeness (QED) is 0.124. The first-order valence-electron chi connectivity index (χ1n) is 43.8. The average Bonchev–Trinajstić information content (AvgIpc) is 0.772. The van der Waals surface area contributed by atoms with Crippen molar-refractivity contribution in [3.05, 3.63) is 419 Å². The third-order valence-electron chi connectivity index (χ3n) is 25.5. The Kier molecular flexibility index (Phi) is 18.5. The molecule has 0 fully saturated rings. The van der Waals surface area contributed by atoms with Gasteiger partial charge in [0.1, 0.15) is 33.1 Å². The third-order valence-corrected chi connectivity index (χ3v) is 25.5. The molecule has 21 aromatic carbocycles. The molecule has 6 heterocycles. The number of fused-ring (bicyclic) bond motifs is 15. The van der Waals surface area contributed by atoms with Crippen LogP contribution in [0.15, 0.2) is 419 Å². The van der Waals surface area contributed by atoms with Crippen molar-refractivity contribution in [3.63, 3.8) is 0 Å². The van der Waals surface area contributed by atoms with Gasteiger partial charge in [0.25, 0.3) is 0 Å². The second kappa shape index (κ2) is 32.0. The first kappa shape index (κ1) is 76.2. The summed E-state index contributed by atoms with van der Waals surface area (Å²) in [5.74, 6) is 0. The summed E-state index contributed by atoms with van der Waals surface area (Å²) in [6, 6.07) is 148. The molecule has 0 aliphatic carbocycles. The van der Waals surface area contributed by atoms with E-state index >= 15 is 0 Å². The molecule has 27 rings (SSSR count). The summed E-state index contributed by atoms with van der Waals surface area (Å²) in [6.45, 7) is 0. The number of benzene rings is 21. The zero-order chi connectivity index (χ0) is 87.1. The van der Waals surface area contributed by atoms with Crippen molar-refractivity contribution < 1.29 is 0 Å². The van der Waals surface area contributed by atoms with E-state index in [1.807, 2.05) is 36.4 Å². The molecular weight excluding hydrogens is 1620 g/mol. The largest absolute Gasteiger partial charge is 0.248 e. The number of pyridine rings is 3. The molecule has 15 nitrogen and oxygen atoms in total. The van der Waals surface area contributed by atoms with Gasteiger partial charge in [0.05, 0.1) is 34.2 Å². The van der Waals surface area contributed by atoms with Crippen LogP contribution in [0.2, 0.25) is 0 Å². The van der Waals surface area contributed by atoms with Gasteiger partial charge in [0, 0.05) is 33.4 Å². The Morgan fingerprint density at radius 3 is 0.705 bits per heavy atom. The molecule has 612 valence electrons. The molecule has 0 bridgehead atoms. The predicted octanol–water partition coefficient (Wildman–Crippen LogP) is 28.3. The predicted molar refractivity (Wildman–Crippen MR) is 538 cm³/mol. The molecule has 0 N–H and O–H groups in total. The first-order chi connectivity index (χ1) is 65.3. The minimum absolute atomic E-state index is 0.698. The summed E-state index contributed by atoms with van der Waals surface area (Å²) in [5, 5.41) is 76.2. The summed E-state index contributed by atoms with van der Waals surface area (Å²) in [6.07, 6.45) is 0. The lowest BCUT2D eigenvalue weighted by atomic mass is 9.90. The maximum atomic E-state index is 5.51. The Balaban J connectivity index is 0.000000106. The van der Waals surface area contributed by atoms with Crippen LogP contribution in [0.5, 0.6) is 0 Å². The molecule has 0 amide bonds. The molecule has 132 heavy (non-hydrogen) atoms. The minimum atomic E-state index is 0.698. The molecule has 15 heteroatoms. The molecule has 27 aromatic rings. The van der Waals surface area contributed by atoms with Crippen molar-refractivity contribution >= 4 is 162 Å². The topological polar surface area (TPSA) is 193 Å². The highest BCUT2D eigenvalue weighted by Gasteiger charge is 2.22. The first-order valence-corrected chi connectivity index (χ1v) is 43.8. The summed E-state index contributed by atoms with van der Waals surface area (Å²) in [7, 11) is 0. The molecule has 0 unspecified atom stereocenters. The van der Waals surface area contributed by atoms with Gasteiger partial charge in [0.2, 0.25) is 0 Å². The normalized spacial score (nSPS) is 11.6. The lowest BCUT2D eigenvalue weighted by Gasteiger charge is -2.17. The van der Waals surface area contributed by atoms with E-state index in [0.29, 0.717) is 33.1 Å². The van der Waals surface area contributed by atoms with Gasteiger partial charge in [-0.1, -0.05) is 273 Å². The fourth-order valence-corrected chi connectivity index (χ4v) is 19.1. The molecule has 6 aromatic heterocycles. The smallest absolute Gasteiger partial charge is 0.116 e. The lowest BCUT2D eigenvalue weighted by Crippen LogP contribution is -1.96. The van der Waals surface area contributed by atoms with Gasteiger partial charge >= 0.3 is 0 Å². The van der Waals surface area contributed by atoms with Crippen molar-refractivity contribution in [2.45, 2.75) is 0 Å². The van der Waals surface area contributed by atoms with Gasteiger partial charge in [-0.3, -0.25) is 0 Å². The standard InChI is InChI=1S/3C39H23N5/c1-5-13-30-25(9-1)19-26-10-2-6-14-31(26)38(30)36-22-29(24-17-18-34-35(21-24)42-44-43-41-34)23-37(40-36)39-32-15-7-3-11-27(32)20-28-12-4-8-16-33(28)39;1-3-9-26-19-34-29(17-24(26)7-1)11-5-13-32(34)37-22-31(28-15-16-36-39(21-28)42-44-43-41-36)23-38(40-37)33-14-6-12-30-18-25-8-2-4-10-27(25)20-35(30)33;1-3-7-26-17-33-19-31(11-9-28(33)15-24(26)5-1)37-22-35(30-13-14-36-39(21-30)42-44-43-41-36)23-38(40-37)32-12-10-29-16-25-6-2-4-8-27(25)18-34(29)20-32/h3*1-23H. The van der Waals surface area contributed by atoms with Crippen molar-refractivity contribution in [2.75, 3.05) is 0 Å². The van der Waals surface area contributed by atoms with Gasteiger partial charge in [-0.25, -0.2) is 15.0 Å². The van der Waals surface area contributed by atoms with Crippen LogP contribution in [0.1, 0.15) is 0 Å². The van der Waals surface area contributed by atoms with Crippen LogP contribution in [0.3, 0.4) is 0 Å². The van der Waals surface area contributed by atoms with Crippen molar-refractivity contribution in [1.29, 1.82) is 0 Å². The molecule has 0 spiro atoms. The third kappa shape index (κ3) is 14.1. The highest BCUT2D eigenvalue weighted by atomic mass is 15.4. The van der Waals surface area contributed by atoms with E-state index in [4.69, 9.17) is 15.0 Å².